The average Bonchev–Trinajstić information content (AvgIpc) is 2.39. The van der Waals surface area contributed by atoms with Gasteiger partial charge in [0.05, 0.1) is 18.0 Å². The first-order valence-electron chi connectivity index (χ1n) is 5.88. The largest absolute Gasteiger partial charge is 0.399 e. The smallest absolute Gasteiger partial charge is 0.139 e. The molecule has 18 heavy (non-hydrogen) atoms. The second-order valence-corrected chi connectivity index (χ2v) is 3.96. The quantitative estimate of drug-likeness (QED) is 0.828. The van der Waals surface area contributed by atoms with Gasteiger partial charge in [0, 0.05) is 24.2 Å². The van der Waals surface area contributed by atoms with Gasteiger partial charge in [0.15, 0.2) is 0 Å². The Hall–Kier alpha value is -2.35. The molecular weight excluding hydrogens is 226 g/mol. The zero-order valence-electron chi connectivity index (χ0n) is 10.3. The first kappa shape index (κ1) is 12.1. The Bertz CT molecular complexity index is 587. The molecule has 5 heteroatoms. The second kappa shape index (κ2) is 5.32. The molecule has 1 heterocycles. The van der Waals surface area contributed by atoms with Crippen LogP contribution < -0.4 is 10.6 Å². The van der Waals surface area contributed by atoms with Crippen molar-refractivity contribution in [1.82, 2.24) is 9.97 Å². The average molecular weight is 241 g/mol. The van der Waals surface area contributed by atoms with Crippen LogP contribution in [0.2, 0.25) is 0 Å². The molecule has 0 radical (unpaired) electrons. The molecule has 0 atom stereocenters. The Kier molecular flexibility index (Phi) is 3.58. The first-order valence-corrected chi connectivity index (χ1v) is 5.88. The molecule has 2 aromatic rings. The minimum atomic E-state index is 0.480. The fourth-order valence-corrected chi connectivity index (χ4v) is 1.91. The van der Waals surface area contributed by atoms with Gasteiger partial charge in [-0.15, -0.1) is 0 Å². The van der Waals surface area contributed by atoms with Crippen LogP contribution in [0.4, 0.5) is 11.5 Å². The summed E-state index contributed by atoms with van der Waals surface area (Å²) in [7, 11) is 0. The van der Waals surface area contributed by atoms with Crippen molar-refractivity contribution in [1.29, 1.82) is 5.26 Å². The van der Waals surface area contributed by atoms with Crippen LogP contribution in [0.15, 0.2) is 24.5 Å². The van der Waals surface area contributed by atoms with Crippen LogP contribution in [0.25, 0.3) is 10.9 Å². The molecule has 0 bridgehead atoms. The zero-order chi connectivity index (χ0) is 13.0. The highest BCUT2D eigenvalue weighted by molar-refractivity contribution is 5.91. The van der Waals surface area contributed by atoms with Gasteiger partial charge >= 0.3 is 0 Å². The van der Waals surface area contributed by atoms with E-state index < -0.39 is 0 Å². The molecule has 2 N–H and O–H groups in total. The first-order chi connectivity index (χ1) is 8.76. The monoisotopic (exact) mass is 241 g/mol. The van der Waals surface area contributed by atoms with Crippen molar-refractivity contribution in [3.8, 4) is 6.07 Å². The number of nitriles is 1. The maximum absolute atomic E-state index is 8.68. The van der Waals surface area contributed by atoms with E-state index in [2.05, 4.69) is 20.9 Å². The highest BCUT2D eigenvalue weighted by atomic mass is 15.2. The fourth-order valence-electron chi connectivity index (χ4n) is 1.91. The maximum atomic E-state index is 8.68. The Morgan fingerprint density at radius 3 is 2.94 bits per heavy atom. The van der Waals surface area contributed by atoms with Gasteiger partial charge in [-0.3, -0.25) is 0 Å². The molecule has 0 saturated carbocycles. The zero-order valence-corrected chi connectivity index (χ0v) is 10.3. The van der Waals surface area contributed by atoms with E-state index in [0.717, 1.165) is 23.3 Å². The minimum Gasteiger partial charge on any atom is -0.399 e. The number of aromatic nitrogens is 2. The van der Waals surface area contributed by atoms with Gasteiger partial charge in [0.1, 0.15) is 12.1 Å². The molecule has 2 rings (SSSR count). The molecule has 0 fully saturated rings. The molecular formula is C13H15N5. The van der Waals surface area contributed by atoms with E-state index in [4.69, 9.17) is 11.0 Å². The second-order valence-electron chi connectivity index (χ2n) is 3.96. The number of anilines is 2. The van der Waals surface area contributed by atoms with Gasteiger partial charge in [-0.1, -0.05) is 0 Å². The third-order valence-corrected chi connectivity index (χ3v) is 2.81. The van der Waals surface area contributed by atoms with Gasteiger partial charge in [0.2, 0.25) is 0 Å². The lowest BCUT2D eigenvalue weighted by Gasteiger charge is -2.21. The SMILES string of the molecule is CCN(CCC#N)c1ncnc2cc(N)ccc12. The number of hydrogen-bond acceptors (Lipinski definition) is 5. The molecule has 0 saturated heterocycles. The summed E-state index contributed by atoms with van der Waals surface area (Å²) in [4.78, 5) is 10.6. The molecule has 0 spiro atoms. The van der Waals surface area contributed by atoms with Crippen LogP contribution in [-0.2, 0) is 0 Å². The normalized spacial score (nSPS) is 10.2. The van der Waals surface area contributed by atoms with E-state index in [1.807, 2.05) is 25.1 Å². The summed E-state index contributed by atoms with van der Waals surface area (Å²) in [5.41, 5.74) is 7.26. The van der Waals surface area contributed by atoms with E-state index in [9.17, 15) is 0 Å². The summed E-state index contributed by atoms with van der Waals surface area (Å²) >= 11 is 0. The van der Waals surface area contributed by atoms with Crippen molar-refractivity contribution >= 4 is 22.4 Å². The van der Waals surface area contributed by atoms with Crippen molar-refractivity contribution in [3.05, 3.63) is 24.5 Å². The third kappa shape index (κ3) is 2.33. The Morgan fingerprint density at radius 1 is 1.39 bits per heavy atom. The van der Waals surface area contributed by atoms with Crippen molar-refractivity contribution in [2.24, 2.45) is 0 Å². The predicted molar refractivity (Wildman–Crippen MR) is 72.1 cm³/mol. The van der Waals surface area contributed by atoms with Crippen LogP contribution in [0, 0.1) is 11.3 Å². The molecule has 1 aromatic heterocycles. The molecule has 0 aliphatic heterocycles. The topological polar surface area (TPSA) is 78.8 Å². The van der Waals surface area contributed by atoms with Crippen LogP contribution in [0.5, 0.6) is 0 Å². The Morgan fingerprint density at radius 2 is 2.22 bits per heavy atom. The highest BCUT2D eigenvalue weighted by Gasteiger charge is 2.10. The summed E-state index contributed by atoms with van der Waals surface area (Å²) in [6.45, 7) is 3.52. The van der Waals surface area contributed by atoms with Crippen LogP contribution in [0.3, 0.4) is 0 Å². The number of benzene rings is 1. The van der Waals surface area contributed by atoms with Gasteiger partial charge in [-0.05, 0) is 25.1 Å². The Balaban J connectivity index is 2.46. The number of nitrogen functional groups attached to an aromatic ring is 1. The Labute approximate surface area is 106 Å². The van der Waals surface area contributed by atoms with Gasteiger partial charge in [0.25, 0.3) is 0 Å². The summed E-state index contributed by atoms with van der Waals surface area (Å²) in [6.07, 6.45) is 2.01. The number of rotatable bonds is 4. The lowest BCUT2D eigenvalue weighted by molar-refractivity contribution is 0.813. The fraction of sp³-hybridized carbons (Fsp3) is 0.308. The summed E-state index contributed by atoms with van der Waals surface area (Å²) < 4.78 is 0. The van der Waals surface area contributed by atoms with E-state index in [1.165, 1.54) is 6.33 Å². The van der Waals surface area contributed by atoms with Gasteiger partial charge < -0.3 is 10.6 Å². The number of nitrogens with zero attached hydrogens (tertiary/aromatic N) is 4. The number of hydrogen-bond donors (Lipinski definition) is 1. The van der Waals surface area contributed by atoms with E-state index >= 15 is 0 Å². The highest BCUT2D eigenvalue weighted by Crippen LogP contribution is 2.24. The van der Waals surface area contributed by atoms with Crippen molar-refractivity contribution in [3.63, 3.8) is 0 Å². The van der Waals surface area contributed by atoms with Crippen molar-refractivity contribution in [2.75, 3.05) is 23.7 Å². The lowest BCUT2D eigenvalue weighted by Crippen LogP contribution is -2.25. The lowest BCUT2D eigenvalue weighted by atomic mass is 10.2. The van der Waals surface area contributed by atoms with Crippen LogP contribution in [-0.4, -0.2) is 23.1 Å². The standard InChI is InChI=1S/C13H15N5/c1-2-18(7-3-6-14)13-11-5-4-10(15)8-12(11)16-9-17-13/h4-5,8-9H,2-3,7,15H2,1H3. The van der Waals surface area contributed by atoms with Crippen molar-refractivity contribution in [2.45, 2.75) is 13.3 Å². The molecule has 0 unspecified atom stereocenters. The molecule has 1 aromatic carbocycles. The van der Waals surface area contributed by atoms with E-state index in [1.54, 1.807) is 0 Å². The summed E-state index contributed by atoms with van der Waals surface area (Å²) in [5, 5.41) is 9.65. The molecule has 5 nitrogen and oxygen atoms in total. The van der Waals surface area contributed by atoms with Gasteiger partial charge in [-0.25, -0.2) is 9.97 Å². The molecule has 92 valence electrons. The third-order valence-electron chi connectivity index (χ3n) is 2.81. The molecule has 0 amide bonds. The minimum absolute atomic E-state index is 0.480. The molecule has 0 aliphatic carbocycles. The molecule has 0 aliphatic rings. The van der Waals surface area contributed by atoms with Crippen LogP contribution >= 0.6 is 0 Å². The van der Waals surface area contributed by atoms with Gasteiger partial charge in [-0.2, -0.15) is 5.26 Å². The van der Waals surface area contributed by atoms with Crippen LogP contribution in [0.1, 0.15) is 13.3 Å². The summed E-state index contributed by atoms with van der Waals surface area (Å²) in [6, 6.07) is 7.75. The van der Waals surface area contributed by atoms with E-state index in [-0.39, 0.29) is 0 Å². The predicted octanol–water partition coefficient (Wildman–Crippen LogP) is 1.95. The van der Waals surface area contributed by atoms with Crippen molar-refractivity contribution < 1.29 is 0 Å². The number of nitrogens with two attached hydrogens (primary N) is 1. The number of fused-ring (bicyclic) bond motifs is 1. The summed E-state index contributed by atoms with van der Waals surface area (Å²) in [5.74, 6) is 0.859. The maximum Gasteiger partial charge on any atom is 0.139 e. The van der Waals surface area contributed by atoms with E-state index in [0.29, 0.717) is 18.7 Å².